The standard InChI is InChI=1S/C16H17FN4O4/c17-11-7-21-13(19-14(11)20-4-3-9(18)6-20)10(8-1-2-8)5-12(15(21)22)25-16(23)24/h5,7-9H,1-4,6,18H2,(H,23,24). The van der Waals surface area contributed by atoms with E-state index in [1.165, 1.54) is 6.07 Å². The molecule has 8 nitrogen and oxygen atoms in total. The van der Waals surface area contributed by atoms with Gasteiger partial charge in [-0.25, -0.2) is 14.2 Å². The van der Waals surface area contributed by atoms with Crippen LogP contribution in [-0.4, -0.2) is 39.8 Å². The number of halogens is 1. The number of aromatic nitrogens is 2. The fourth-order valence-corrected chi connectivity index (χ4v) is 3.25. The van der Waals surface area contributed by atoms with Gasteiger partial charge in [-0.05, 0) is 31.2 Å². The highest BCUT2D eigenvalue weighted by atomic mass is 19.1. The molecule has 0 bridgehead atoms. The lowest BCUT2D eigenvalue weighted by molar-refractivity contribution is 0.143. The summed E-state index contributed by atoms with van der Waals surface area (Å²) in [5.74, 6) is -0.665. The smallest absolute Gasteiger partial charge is 0.449 e. The molecule has 2 fully saturated rings. The Morgan fingerprint density at radius 3 is 2.76 bits per heavy atom. The summed E-state index contributed by atoms with van der Waals surface area (Å²) in [5, 5.41) is 8.80. The Morgan fingerprint density at radius 2 is 2.16 bits per heavy atom. The van der Waals surface area contributed by atoms with Crippen molar-refractivity contribution in [2.45, 2.75) is 31.2 Å². The van der Waals surface area contributed by atoms with Crippen LogP contribution in [0.3, 0.4) is 0 Å². The van der Waals surface area contributed by atoms with Gasteiger partial charge in [0.2, 0.25) is 5.75 Å². The minimum absolute atomic E-state index is 0.0335. The zero-order valence-corrected chi connectivity index (χ0v) is 13.3. The van der Waals surface area contributed by atoms with Crippen LogP contribution in [-0.2, 0) is 0 Å². The van der Waals surface area contributed by atoms with Gasteiger partial charge in [-0.2, -0.15) is 0 Å². The molecule has 132 valence electrons. The third kappa shape index (κ3) is 2.80. The lowest BCUT2D eigenvalue weighted by Gasteiger charge is -2.19. The summed E-state index contributed by atoms with van der Waals surface area (Å²) < 4.78 is 20.1. The van der Waals surface area contributed by atoms with Gasteiger partial charge < -0.3 is 20.5 Å². The van der Waals surface area contributed by atoms with Crippen LogP contribution < -0.4 is 20.9 Å². The summed E-state index contributed by atoms with van der Waals surface area (Å²) in [6.45, 7) is 1.10. The summed E-state index contributed by atoms with van der Waals surface area (Å²) in [6.07, 6.45) is 2.02. The first-order chi connectivity index (χ1) is 11.9. The van der Waals surface area contributed by atoms with Crippen LogP contribution in [0.1, 0.15) is 30.7 Å². The fraction of sp³-hybridized carbons (Fsp3) is 0.438. The maximum Gasteiger partial charge on any atom is 0.511 e. The number of carbonyl (C=O) groups is 1. The van der Waals surface area contributed by atoms with Crippen molar-refractivity contribution < 1.29 is 19.0 Å². The zero-order valence-electron chi connectivity index (χ0n) is 13.3. The third-order valence-corrected chi connectivity index (χ3v) is 4.61. The molecule has 9 heteroatoms. The molecule has 25 heavy (non-hydrogen) atoms. The Bertz CT molecular complexity index is 924. The molecule has 0 spiro atoms. The Balaban J connectivity index is 1.90. The van der Waals surface area contributed by atoms with E-state index in [-0.39, 0.29) is 23.5 Å². The molecule has 0 aromatic carbocycles. The lowest BCUT2D eigenvalue weighted by Crippen LogP contribution is -2.29. The summed E-state index contributed by atoms with van der Waals surface area (Å²) in [7, 11) is 0. The Labute approximate surface area is 141 Å². The first-order valence-corrected chi connectivity index (χ1v) is 8.11. The van der Waals surface area contributed by atoms with Gasteiger partial charge in [0.15, 0.2) is 11.6 Å². The van der Waals surface area contributed by atoms with Gasteiger partial charge in [0.05, 0.1) is 6.20 Å². The lowest BCUT2D eigenvalue weighted by atomic mass is 10.1. The SMILES string of the molecule is NC1CCN(c2nc3c(C4CC4)cc(OC(=O)O)c(=O)n3cc2F)C1. The quantitative estimate of drug-likeness (QED) is 0.805. The summed E-state index contributed by atoms with van der Waals surface area (Å²) in [4.78, 5) is 29.4. The van der Waals surface area contributed by atoms with E-state index in [0.717, 1.165) is 29.9 Å². The molecule has 4 rings (SSSR count). The Morgan fingerprint density at radius 1 is 1.40 bits per heavy atom. The van der Waals surface area contributed by atoms with E-state index < -0.39 is 17.5 Å². The molecule has 3 heterocycles. The van der Waals surface area contributed by atoms with Crippen LogP contribution in [0.2, 0.25) is 0 Å². The second-order valence-electron chi connectivity index (χ2n) is 6.51. The average Bonchev–Trinajstić information content (AvgIpc) is 3.31. The van der Waals surface area contributed by atoms with Crippen molar-refractivity contribution >= 4 is 17.6 Å². The van der Waals surface area contributed by atoms with Crippen molar-refractivity contribution in [1.29, 1.82) is 0 Å². The van der Waals surface area contributed by atoms with Crippen molar-refractivity contribution in [2.75, 3.05) is 18.0 Å². The minimum atomic E-state index is -1.59. The molecular formula is C16H17FN4O4. The molecule has 1 aliphatic heterocycles. The summed E-state index contributed by atoms with van der Waals surface area (Å²) in [5.41, 5.74) is 6.16. The largest absolute Gasteiger partial charge is 0.511 e. The van der Waals surface area contributed by atoms with Gasteiger partial charge in [-0.15, -0.1) is 0 Å². The molecule has 2 aliphatic rings. The van der Waals surface area contributed by atoms with E-state index >= 15 is 0 Å². The second-order valence-corrected chi connectivity index (χ2v) is 6.51. The Kier molecular flexibility index (Phi) is 3.60. The predicted molar refractivity (Wildman–Crippen MR) is 86.9 cm³/mol. The molecule has 0 radical (unpaired) electrons. The Hall–Kier alpha value is -2.68. The number of fused-ring (bicyclic) bond motifs is 1. The van der Waals surface area contributed by atoms with E-state index in [2.05, 4.69) is 9.72 Å². The van der Waals surface area contributed by atoms with E-state index in [1.807, 2.05) is 0 Å². The highest BCUT2D eigenvalue weighted by molar-refractivity contribution is 5.64. The normalized spacial score (nSPS) is 20.2. The van der Waals surface area contributed by atoms with Crippen LogP contribution in [0.15, 0.2) is 17.1 Å². The maximum atomic E-state index is 14.6. The maximum absolute atomic E-state index is 14.6. The van der Waals surface area contributed by atoms with Gasteiger partial charge in [0, 0.05) is 24.7 Å². The van der Waals surface area contributed by atoms with Gasteiger partial charge in [-0.1, -0.05) is 0 Å². The van der Waals surface area contributed by atoms with Crippen LogP contribution in [0.25, 0.3) is 5.65 Å². The highest BCUT2D eigenvalue weighted by Crippen LogP contribution is 2.42. The van der Waals surface area contributed by atoms with Gasteiger partial charge in [0.25, 0.3) is 5.56 Å². The number of ether oxygens (including phenoxy) is 1. The van der Waals surface area contributed by atoms with E-state index in [9.17, 15) is 14.0 Å². The molecule has 3 N–H and O–H groups in total. The number of nitrogens with zero attached hydrogens (tertiary/aromatic N) is 3. The summed E-state index contributed by atoms with van der Waals surface area (Å²) >= 11 is 0. The number of nitrogens with two attached hydrogens (primary N) is 1. The third-order valence-electron chi connectivity index (χ3n) is 4.61. The number of pyridine rings is 1. The van der Waals surface area contributed by atoms with Crippen LogP contribution in [0.4, 0.5) is 15.0 Å². The predicted octanol–water partition coefficient (Wildman–Crippen LogP) is 1.31. The molecule has 0 amide bonds. The van der Waals surface area contributed by atoms with Crippen molar-refractivity contribution in [3.05, 3.63) is 34.0 Å². The second kappa shape index (κ2) is 5.69. The van der Waals surface area contributed by atoms with Crippen molar-refractivity contribution in [2.24, 2.45) is 5.73 Å². The average molecular weight is 348 g/mol. The van der Waals surface area contributed by atoms with Gasteiger partial charge in [0.1, 0.15) is 5.65 Å². The first-order valence-electron chi connectivity index (χ1n) is 8.11. The molecule has 1 atom stereocenters. The molecular weight excluding hydrogens is 331 g/mol. The number of hydrogen-bond donors (Lipinski definition) is 2. The van der Waals surface area contributed by atoms with Crippen LogP contribution in [0.5, 0.6) is 5.75 Å². The number of anilines is 1. The molecule has 1 aliphatic carbocycles. The fourth-order valence-electron chi connectivity index (χ4n) is 3.25. The minimum Gasteiger partial charge on any atom is -0.449 e. The van der Waals surface area contributed by atoms with Crippen molar-refractivity contribution in [3.8, 4) is 5.75 Å². The van der Waals surface area contributed by atoms with E-state index in [0.29, 0.717) is 24.3 Å². The molecule has 1 saturated heterocycles. The zero-order chi connectivity index (χ0) is 17.7. The first kappa shape index (κ1) is 15.8. The molecule has 1 saturated carbocycles. The molecule has 2 aromatic heterocycles. The summed E-state index contributed by atoms with van der Waals surface area (Å²) in [6, 6.07) is 1.38. The monoisotopic (exact) mass is 348 g/mol. The van der Waals surface area contributed by atoms with Gasteiger partial charge >= 0.3 is 6.16 Å². The number of carboxylic acid groups (broad SMARTS) is 1. The van der Waals surface area contributed by atoms with E-state index in [1.54, 1.807) is 4.90 Å². The van der Waals surface area contributed by atoms with Gasteiger partial charge in [-0.3, -0.25) is 9.20 Å². The topological polar surface area (TPSA) is 110 Å². The van der Waals surface area contributed by atoms with E-state index in [4.69, 9.17) is 10.8 Å². The van der Waals surface area contributed by atoms with Crippen LogP contribution >= 0.6 is 0 Å². The van der Waals surface area contributed by atoms with Crippen LogP contribution in [0, 0.1) is 5.82 Å². The molecule has 1 unspecified atom stereocenters. The van der Waals surface area contributed by atoms with Crippen molar-refractivity contribution in [3.63, 3.8) is 0 Å². The number of rotatable bonds is 3. The highest BCUT2D eigenvalue weighted by Gasteiger charge is 2.30. The molecule has 2 aromatic rings. The van der Waals surface area contributed by atoms with Crippen molar-refractivity contribution in [1.82, 2.24) is 9.38 Å². The number of hydrogen-bond acceptors (Lipinski definition) is 6.